The zero-order valence-corrected chi connectivity index (χ0v) is 13.0. The largest absolute Gasteiger partial charge is 0.489 e. The van der Waals surface area contributed by atoms with E-state index in [0.717, 1.165) is 12.0 Å². The van der Waals surface area contributed by atoms with Crippen LogP contribution in [0, 0.1) is 0 Å². The monoisotopic (exact) mass is 306 g/mol. The van der Waals surface area contributed by atoms with Crippen molar-refractivity contribution in [2.45, 2.75) is 19.8 Å². The van der Waals surface area contributed by atoms with Gasteiger partial charge >= 0.3 is 0 Å². The van der Waals surface area contributed by atoms with Crippen molar-refractivity contribution in [3.05, 3.63) is 82.6 Å². The number of Topliss-reactive ketones (excluding diaryl/α,β-unsaturated/α-hetero) is 2. The van der Waals surface area contributed by atoms with Crippen molar-refractivity contribution in [2.24, 2.45) is 0 Å². The van der Waals surface area contributed by atoms with Gasteiger partial charge in [0.05, 0.1) is 12.2 Å². The molecule has 2 aromatic carbocycles. The fourth-order valence-electron chi connectivity index (χ4n) is 2.72. The Bertz CT molecular complexity index is 772. The van der Waals surface area contributed by atoms with Crippen molar-refractivity contribution in [1.29, 1.82) is 0 Å². The third-order valence-electron chi connectivity index (χ3n) is 3.84. The highest BCUT2D eigenvalue weighted by molar-refractivity contribution is 6.26. The number of ether oxygens (including phenoxy) is 1. The molecule has 0 N–H and O–H groups in total. The second-order valence-electron chi connectivity index (χ2n) is 5.52. The molecule has 1 aliphatic rings. The molecule has 3 rings (SSSR count). The van der Waals surface area contributed by atoms with Crippen molar-refractivity contribution in [1.82, 2.24) is 0 Å². The zero-order chi connectivity index (χ0) is 16.2. The third-order valence-corrected chi connectivity index (χ3v) is 3.84. The maximum atomic E-state index is 12.9. The number of ketones is 2. The summed E-state index contributed by atoms with van der Waals surface area (Å²) in [6.07, 6.45) is 1.18. The Morgan fingerprint density at radius 2 is 1.43 bits per heavy atom. The Hall–Kier alpha value is -2.68. The predicted octanol–water partition coefficient (Wildman–Crippen LogP) is 3.99. The molecule has 0 radical (unpaired) electrons. The molecule has 0 bridgehead atoms. The van der Waals surface area contributed by atoms with E-state index >= 15 is 0 Å². The SMILES string of the molecule is CCCOC1=C(Cc2ccccc2)C(=O)c2ccccc2C1=O. The number of fused-ring (bicyclic) bond motifs is 1. The molecule has 3 heteroatoms. The van der Waals surface area contributed by atoms with E-state index in [4.69, 9.17) is 4.74 Å². The van der Waals surface area contributed by atoms with E-state index in [0.29, 0.717) is 29.7 Å². The molecule has 0 aromatic heterocycles. The van der Waals surface area contributed by atoms with Crippen LogP contribution in [0.3, 0.4) is 0 Å². The molecule has 1 aliphatic carbocycles. The Balaban J connectivity index is 2.06. The number of carbonyl (C=O) groups is 2. The first-order chi connectivity index (χ1) is 11.2. The second-order valence-corrected chi connectivity index (χ2v) is 5.52. The minimum atomic E-state index is -0.195. The maximum Gasteiger partial charge on any atom is 0.228 e. The Kier molecular flexibility index (Phi) is 4.38. The van der Waals surface area contributed by atoms with Crippen LogP contribution in [0.25, 0.3) is 0 Å². The molecule has 0 saturated heterocycles. The lowest BCUT2D eigenvalue weighted by atomic mass is 9.85. The minimum absolute atomic E-state index is 0.116. The van der Waals surface area contributed by atoms with Gasteiger partial charge in [0.15, 0.2) is 11.5 Å². The lowest BCUT2D eigenvalue weighted by Crippen LogP contribution is -2.25. The number of hydrogen-bond acceptors (Lipinski definition) is 3. The van der Waals surface area contributed by atoms with E-state index in [9.17, 15) is 9.59 Å². The van der Waals surface area contributed by atoms with Crippen molar-refractivity contribution in [2.75, 3.05) is 6.61 Å². The molecule has 0 atom stereocenters. The van der Waals surface area contributed by atoms with Gasteiger partial charge in [0.2, 0.25) is 5.78 Å². The van der Waals surface area contributed by atoms with E-state index in [-0.39, 0.29) is 17.3 Å². The van der Waals surface area contributed by atoms with Crippen molar-refractivity contribution >= 4 is 11.6 Å². The molecule has 0 saturated carbocycles. The fourth-order valence-corrected chi connectivity index (χ4v) is 2.72. The molecule has 23 heavy (non-hydrogen) atoms. The number of hydrogen-bond donors (Lipinski definition) is 0. The molecule has 3 nitrogen and oxygen atoms in total. The van der Waals surface area contributed by atoms with Gasteiger partial charge < -0.3 is 4.74 Å². The first-order valence-electron chi connectivity index (χ1n) is 7.80. The van der Waals surface area contributed by atoms with E-state index in [1.54, 1.807) is 24.3 Å². The van der Waals surface area contributed by atoms with Gasteiger partial charge in [0.25, 0.3) is 0 Å². The first kappa shape index (κ1) is 15.2. The molecule has 116 valence electrons. The summed E-state index contributed by atoms with van der Waals surface area (Å²) in [5.41, 5.74) is 2.33. The highest BCUT2D eigenvalue weighted by Crippen LogP contribution is 2.29. The summed E-state index contributed by atoms with van der Waals surface area (Å²) in [4.78, 5) is 25.6. The van der Waals surface area contributed by atoms with Gasteiger partial charge in [-0.3, -0.25) is 9.59 Å². The Labute approximate surface area is 135 Å². The normalized spacial score (nSPS) is 14.0. The van der Waals surface area contributed by atoms with Gasteiger partial charge in [-0.2, -0.15) is 0 Å². The summed E-state index contributed by atoms with van der Waals surface area (Å²) < 4.78 is 5.67. The zero-order valence-electron chi connectivity index (χ0n) is 13.0. The molecule has 0 aliphatic heterocycles. The molecular weight excluding hydrogens is 288 g/mol. The summed E-state index contributed by atoms with van der Waals surface area (Å²) >= 11 is 0. The summed E-state index contributed by atoms with van der Waals surface area (Å²) in [5, 5.41) is 0. The third kappa shape index (κ3) is 2.95. The van der Waals surface area contributed by atoms with Gasteiger partial charge in [0.1, 0.15) is 0 Å². The standard InChI is InChI=1S/C20H18O3/c1-2-12-23-20-17(13-14-8-4-3-5-9-14)18(21)15-10-6-7-11-16(15)19(20)22/h3-11H,2,12-13H2,1H3. The number of carbonyl (C=O) groups excluding carboxylic acids is 2. The summed E-state index contributed by atoms with van der Waals surface area (Å²) in [6, 6.07) is 16.6. The fraction of sp³-hybridized carbons (Fsp3) is 0.200. The van der Waals surface area contributed by atoms with Crippen molar-refractivity contribution in [3.8, 4) is 0 Å². The first-order valence-corrected chi connectivity index (χ1v) is 7.80. The van der Waals surface area contributed by atoms with E-state index in [2.05, 4.69) is 0 Å². The average molecular weight is 306 g/mol. The quantitative estimate of drug-likeness (QED) is 0.839. The number of allylic oxidation sites excluding steroid dienone is 2. The molecular formula is C20H18O3. The van der Waals surface area contributed by atoms with Crippen LogP contribution in [-0.2, 0) is 11.2 Å². The lowest BCUT2D eigenvalue weighted by Gasteiger charge is -2.21. The summed E-state index contributed by atoms with van der Waals surface area (Å²) in [7, 11) is 0. The maximum absolute atomic E-state index is 12.9. The van der Waals surface area contributed by atoms with Gasteiger partial charge in [-0.15, -0.1) is 0 Å². The van der Waals surface area contributed by atoms with Crippen LogP contribution in [0.5, 0.6) is 0 Å². The minimum Gasteiger partial charge on any atom is -0.489 e. The van der Waals surface area contributed by atoms with Crippen molar-refractivity contribution < 1.29 is 14.3 Å². The van der Waals surface area contributed by atoms with Crippen LogP contribution in [0.15, 0.2) is 65.9 Å². The van der Waals surface area contributed by atoms with Crippen LogP contribution >= 0.6 is 0 Å². The molecule has 0 spiro atoms. The molecule has 2 aromatic rings. The molecule has 0 heterocycles. The molecule has 0 amide bonds. The Morgan fingerprint density at radius 3 is 2.09 bits per heavy atom. The summed E-state index contributed by atoms with van der Waals surface area (Å²) in [6.45, 7) is 2.40. The lowest BCUT2D eigenvalue weighted by molar-refractivity contribution is 0.0869. The smallest absolute Gasteiger partial charge is 0.228 e. The van der Waals surface area contributed by atoms with Crippen LogP contribution < -0.4 is 0 Å². The predicted molar refractivity (Wildman–Crippen MR) is 88.5 cm³/mol. The van der Waals surface area contributed by atoms with Gasteiger partial charge in [-0.1, -0.05) is 61.5 Å². The van der Waals surface area contributed by atoms with Crippen LogP contribution in [-0.4, -0.2) is 18.2 Å². The highest BCUT2D eigenvalue weighted by atomic mass is 16.5. The van der Waals surface area contributed by atoms with Gasteiger partial charge in [-0.05, 0) is 12.0 Å². The van der Waals surface area contributed by atoms with Gasteiger partial charge in [0, 0.05) is 17.5 Å². The van der Waals surface area contributed by atoms with Crippen LogP contribution in [0.1, 0.15) is 39.6 Å². The molecule has 0 unspecified atom stereocenters. The topological polar surface area (TPSA) is 43.4 Å². The van der Waals surface area contributed by atoms with Gasteiger partial charge in [-0.25, -0.2) is 0 Å². The van der Waals surface area contributed by atoms with E-state index < -0.39 is 0 Å². The van der Waals surface area contributed by atoms with E-state index in [1.807, 2.05) is 37.3 Å². The molecule has 0 fully saturated rings. The average Bonchev–Trinajstić information content (AvgIpc) is 2.60. The van der Waals surface area contributed by atoms with Crippen LogP contribution in [0.4, 0.5) is 0 Å². The highest BCUT2D eigenvalue weighted by Gasteiger charge is 2.33. The van der Waals surface area contributed by atoms with E-state index in [1.165, 1.54) is 0 Å². The number of rotatable bonds is 5. The summed E-state index contributed by atoms with van der Waals surface area (Å²) in [5.74, 6) is -0.103. The Morgan fingerprint density at radius 1 is 0.826 bits per heavy atom. The number of benzene rings is 2. The van der Waals surface area contributed by atoms with Crippen molar-refractivity contribution in [3.63, 3.8) is 0 Å². The second kappa shape index (κ2) is 6.61. The van der Waals surface area contributed by atoms with Crippen LogP contribution in [0.2, 0.25) is 0 Å².